The highest BCUT2D eigenvalue weighted by molar-refractivity contribution is 6.67. The van der Waals surface area contributed by atoms with Crippen LogP contribution in [0.25, 0.3) is 0 Å². The second kappa shape index (κ2) is 4.58. The van der Waals surface area contributed by atoms with Crippen molar-refractivity contribution in [2.24, 2.45) is 0 Å². The second-order valence-electron chi connectivity index (χ2n) is 2.76. The summed E-state index contributed by atoms with van der Waals surface area (Å²) in [6.45, 7) is 0. The number of carbonyl (C=O) groups excluding carboxylic acids is 1. The summed E-state index contributed by atoms with van der Waals surface area (Å²) >= 11 is 5.03. The molecule has 0 saturated heterocycles. The fourth-order valence-corrected chi connectivity index (χ4v) is 1.11. The Bertz CT molecular complexity index is 474. The lowest BCUT2D eigenvalue weighted by atomic mass is 10.2. The van der Waals surface area contributed by atoms with Crippen molar-refractivity contribution in [3.63, 3.8) is 0 Å². The first-order valence-corrected chi connectivity index (χ1v) is 4.32. The first-order valence-electron chi connectivity index (χ1n) is 3.95. The molecule has 0 bridgehead atoms. The van der Waals surface area contributed by atoms with Crippen LogP contribution in [0.3, 0.4) is 0 Å². The zero-order chi connectivity index (χ0) is 13.2. The molecule has 0 aliphatic rings. The van der Waals surface area contributed by atoms with E-state index in [0.717, 1.165) is 6.07 Å². The van der Waals surface area contributed by atoms with Gasteiger partial charge in [0, 0.05) is 11.6 Å². The first kappa shape index (κ1) is 13.2. The van der Waals surface area contributed by atoms with E-state index in [1.165, 1.54) is 0 Å². The Morgan fingerprint density at radius 3 is 2.41 bits per heavy atom. The zero-order valence-corrected chi connectivity index (χ0v) is 8.58. The van der Waals surface area contributed by atoms with Crippen LogP contribution >= 0.6 is 11.6 Å². The molecule has 0 amide bonds. The van der Waals surface area contributed by atoms with Crippen molar-refractivity contribution in [2.75, 3.05) is 0 Å². The van der Waals surface area contributed by atoms with Crippen molar-refractivity contribution in [1.82, 2.24) is 0 Å². The van der Waals surface area contributed by atoms with Crippen LogP contribution in [0.5, 0.6) is 5.75 Å². The maximum Gasteiger partial charge on any atom is 0.573 e. The van der Waals surface area contributed by atoms with E-state index < -0.39 is 28.0 Å². The van der Waals surface area contributed by atoms with Crippen LogP contribution in [-0.4, -0.2) is 16.5 Å². The van der Waals surface area contributed by atoms with Gasteiger partial charge in [-0.1, -0.05) is 0 Å². The number of alkyl halides is 3. The van der Waals surface area contributed by atoms with Crippen molar-refractivity contribution >= 4 is 22.5 Å². The highest BCUT2D eigenvalue weighted by atomic mass is 35.5. The summed E-state index contributed by atoms with van der Waals surface area (Å²) in [6.07, 6.45) is -5.10. The summed E-state index contributed by atoms with van der Waals surface area (Å²) in [5, 5.41) is 9.38. The van der Waals surface area contributed by atoms with Gasteiger partial charge in [-0.25, -0.2) is 0 Å². The monoisotopic (exact) mass is 269 g/mol. The molecule has 0 aromatic heterocycles. The van der Waals surface area contributed by atoms with Crippen LogP contribution in [0.1, 0.15) is 10.4 Å². The minimum atomic E-state index is -5.10. The predicted octanol–water partition coefficient (Wildman–Crippen LogP) is 2.87. The molecule has 0 fully saturated rings. The third-order valence-electron chi connectivity index (χ3n) is 1.61. The highest BCUT2D eigenvalue weighted by Gasteiger charge is 2.34. The van der Waals surface area contributed by atoms with Gasteiger partial charge in [-0.05, 0) is 23.7 Å². The molecule has 17 heavy (non-hydrogen) atoms. The van der Waals surface area contributed by atoms with E-state index in [1.54, 1.807) is 0 Å². The molecule has 0 atom stereocenters. The van der Waals surface area contributed by atoms with Crippen LogP contribution in [0, 0.1) is 10.1 Å². The summed E-state index contributed by atoms with van der Waals surface area (Å²) in [4.78, 5) is 20.1. The van der Waals surface area contributed by atoms with Crippen LogP contribution in [0.15, 0.2) is 18.2 Å². The molecule has 0 aliphatic heterocycles. The van der Waals surface area contributed by atoms with Gasteiger partial charge in [0.2, 0.25) is 5.75 Å². The van der Waals surface area contributed by atoms with E-state index in [2.05, 4.69) is 4.74 Å². The van der Waals surface area contributed by atoms with E-state index in [0.29, 0.717) is 12.1 Å². The van der Waals surface area contributed by atoms with Gasteiger partial charge < -0.3 is 4.74 Å². The third kappa shape index (κ3) is 3.59. The highest BCUT2D eigenvalue weighted by Crippen LogP contribution is 2.33. The maximum absolute atomic E-state index is 12.0. The molecule has 92 valence electrons. The van der Waals surface area contributed by atoms with Gasteiger partial charge in [0.15, 0.2) is 0 Å². The molecule has 0 aliphatic carbocycles. The smallest absolute Gasteiger partial charge is 0.398 e. The lowest BCUT2D eigenvalue weighted by Crippen LogP contribution is -2.18. The maximum atomic E-state index is 12.0. The van der Waals surface area contributed by atoms with Crippen LogP contribution in [-0.2, 0) is 0 Å². The van der Waals surface area contributed by atoms with Gasteiger partial charge in [0.25, 0.3) is 5.24 Å². The molecule has 1 rings (SSSR count). The molecule has 9 heteroatoms. The lowest BCUT2D eigenvalue weighted by molar-refractivity contribution is -0.388. The number of halogens is 4. The lowest BCUT2D eigenvalue weighted by Gasteiger charge is -2.09. The molecular formula is C8H3ClF3NO4. The van der Waals surface area contributed by atoms with Crippen LogP contribution < -0.4 is 4.74 Å². The Morgan fingerprint density at radius 1 is 1.41 bits per heavy atom. The molecule has 5 nitrogen and oxygen atoms in total. The topological polar surface area (TPSA) is 69.4 Å². The average molecular weight is 270 g/mol. The molecule has 0 radical (unpaired) electrons. The third-order valence-corrected chi connectivity index (χ3v) is 1.83. The van der Waals surface area contributed by atoms with Gasteiger partial charge in [-0.15, -0.1) is 13.2 Å². The Hall–Kier alpha value is -1.83. The number of nitro benzene ring substituents is 1. The zero-order valence-electron chi connectivity index (χ0n) is 7.82. The Kier molecular flexibility index (Phi) is 3.56. The molecule has 1 aromatic carbocycles. The number of rotatable bonds is 3. The molecule has 0 heterocycles. The van der Waals surface area contributed by atoms with Crippen LogP contribution in [0.2, 0.25) is 0 Å². The van der Waals surface area contributed by atoms with Crippen molar-refractivity contribution in [3.05, 3.63) is 33.9 Å². The van der Waals surface area contributed by atoms with Gasteiger partial charge in [-0.2, -0.15) is 0 Å². The second-order valence-corrected chi connectivity index (χ2v) is 3.10. The molecule has 0 unspecified atom stereocenters. The largest absolute Gasteiger partial charge is 0.573 e. The molecule has 1 aromatic rings. The van der Waals surface area contributed by atoms with Crippen molar-refractivity contribution in [2.45, 2.75) is 6.36 Å². The number of nitrogens with zero attached hydrogens (tertiary/aromatic N) is 1. The van der Waals surface area contributed by atoms with E-state index in [4.69, 9.17) is 11.6 Å². The summed E-state index contributed by atoms with van der Waals surface area (Å²) in [6, 6.07) is 2.19. The quantitative estimate of drug-likeness (QED) is 0.480. The molecule has 0 N–H and O–H groups in total. The average Bonchev–Trinajstić information content (AvgIpc) is 2.14. The summed E-state index contributed by atoms with van der Waals surface area (Å²) < 4.78 is 39.3. The van der Waals surface area contributed by atoms with E-state index >= 15 is 0 Å². The Balaban J connectivity index is 3.25. The van der Waals surface area contributed by atoms with Gasteiger partial charge >= 0.3 is 12.0 Å². The summed E-state index contributed by atoms with van der Waals surface area (Å²) in [5.41, 5.74) is -1.25. The number of carbonyl (C=O) groups is 1. The number of benzene rings is 1. The standard InChI is InChI=1S/C8H3ClF3NO4/c9-7(14)4-1-2-5(13(15)16)6(3-4)17-8(10,11)12/h1-3H. The van der Waals surface area contributed by atoms with Gasteiger partial charge in [0.05, 0.1) is 4.92 Å². The van der Waals surface area contributed by atoms with Gasteiger partial charge in [-0.3, -0.25) is 14.9 Å². The van der Waals surface area contributed by atoms with Crippen molar-refractivity contribution in [3.8, 4) is 5.75 Å². The minimum absolute atomic E-state index is 0.337. The SMILES string of the molecule is O=C(Cl)c1ccc([N+](=O)[O-])c(OC(F)(F)F)c1. The van der Waals surface area contributed by atoms with Crippen molar-refractivity contribution < 1.29 is 27.6 Å². The molecular weight excluding hydrogens is 267 g/mol. The fourth-order valence-electron chi connectivity index (χ4n) is 0.994. The summed E-state index contributed by atoms with van der Waals surface area (Å²) in [7, 11) is 0. The number of ether oxygens (including phenoxy) is 1. The van der Waals surface area contributed by atoms with Crippen LogP contribution in [0.4, 0.5) is 18.9 Å². The Labute approximate surface area is 96.9 Å². The predicted molar refractivity (Wildman–Crippen MR) is 50.0 cm³/mol. The van der Waals surface area contributed by atoms with E-state index in [-0.39, 0.29) is 5.56 Å². The fraction of sp³-hybridized carbons (Fsp3) is 0.125. The van der Waals surface area contributed by atoms with Crippen molar-refractivity contribution in [1.29, 1.82) is 0 Å². The summed E-state index contributed by atoms with van der Waals surface area (Å²) in [5.74, 6) is -1.09. The number of nitro groups is 1. The number of hydrogen-bond donors (Lipinski definition) is 0. The normalized spacial score (nSPS) is 11.1. The van der Waals surface area contributed by atoms with E-state index in [9.17, 15) is 28.1 Å². The number of hydrogen-bond acceptors (Lipinski definition) is 4. The first-order chi connectivity index (χ1) is 7.70. The van der Waals surface area contributed by atoms with E-state index in [1.807, 2.05) is 0 Å². The minimum Gasteiger partial charge on any atom is -0.398 e. The van der Waals surface area contributed by atoms with Gasteiger partial charge in [0.1, 0.15) is 0 Å². The molecule has 0 spiro atoms. The Morgan fingerprint density at radius 2 is 2.00 bits per heavy atom. The molecule has 0 saturated carbocycles.